The first-order valence-electron chi connectivity index (χ1n) is 8.00. The summed E-state index contributed by atoms with van der Waals surface area (Å²) < 4.78 is 24.9. The first kappa shape index (κ1) is 19.7. The van der Waals surface area contributed by atoms with Crippen molar-refractivity contribution in [2.75, 3.05) is 6.54 Å². The zero-order valence-electron chi connectivity index (χ0n) is 14.6. The highest BCUT2D eigenvalue weighted by molar-refractivity contribution is 7.90. The van der Waals surface area contributed by atoms with Gasteiger partial charge in [-0.25, -0.2) is 8.42 Å². The number of carboxylic acid groups (broad SMARTS) is 1. The zero-order chi connectivity index (χ0) is 19.4. The minimum absolute atomic E-state index is 0.0340. The number of hydrogen-bond acceptors (Lipinski definition) is 4. The van der Waals surface area contributed by atoms with E-state index in [4.69, 9.17) is 5.11 Å². The number of aliphatic carboxylic acids is 1. The molecule has 0 fully saturated rings. The van der Waals surface area contributed by atoms with Gasteiger partial charge in [0.2, 0.25) is 0 Å². The number of carbonyl (C=O) groups excluding carboxylic acids is 1. The van der Waals surface area contributed by atoms with Crippen LogP contribution < -0.4 is 5.32 Å². The molecule has 0 saturated heterocycles. The molecule has 0 spiro atoms. The van der Waals surface area contributed by atoms with Gasteiger partial charge in [0, 0.05) is 12.1 Å². The van der Waals surface area contributed by atoms with Crippen LogP contribution >= 0.6 is 0 Å². The van der Waals surface area contributed by atoms with Gasteiger partial charge in [-0.05, 0) is 43.7 Å². The zero-order valence-corrected chi connectivity index (χ0v) is 15.4. The van der Waals surface area contributed by atoms with E-state index in [9.17, 15) is 18.0 Å². The molecule has 2 rings (SSSR count). The van der Waals surface area contributed by atoms with Crippen molar-refractivity contribution >= 4 is 21.7 Å². The van der Waals surface area contributed by atoms with Gasteiger partial charge in [-0.3, -0.25) is 9.59 Å². The summed E-state index contributed by atoms with van der Waals surface area (Å²) in [4.78, 5) is 23.6. The van der Waals surface area contributed by atoms with Crippen LogP contribution in [0.15, 0.2) is 59.5 Å². The molecule has 0 heterocycles. The molecule has 138 valence electrons. The van der Waals surface area contributed by atoms with E-state index < -0.39 is 27.1 Å². The summed E-state index contributed by atoms with van der Waals surface area (Å²) in [5, 5.41) is 11.7. The van der Waals surface area contributed by atoms with Crippen LogP contribution in [0.3, 0.4) is 0 Å². The lowest BCUT2D eigenvalue weighted by Gasteiger charge is -2.19. The normalized spacial score (nSPS) is 11.8. The van der Waals surface area contributed by atoms with Gasteiger partial charge in [0.15, 0.2) is 9.84 Å². The Kier molecular flexibility index (Phi) is 5.82. The highest BCUT2D eigenvalue weighted by atomic mass is 32.2. The molecule has 0 aliphatic carbocycles. The summed E-state index contributed by atoms with van der Waals surface area (Å²) in [6, 6.07) is 14.4. The highest BCUT2D eigenvalue weighted by Gasteiger charge is 2.27. The van der Waals surface area contributed by atoms with E-state index >= 15 is 0 Å². The van der Waals surface area contributed by atoms with Crippen LogP contribution in [-0.2, 0) is 20.4 Å². The Morgan fingerprint density at radius 3 is 2.31 bits per heavy atom. The average Bonchev–Trinajstić information content (AvgIpc) is 2.60. The summed E-state index contributed by atoms with van der Waals surface area (Å²) >= 11 is 0. The lowest BCUT2D eigenvalue weighted by Crippen LogP contribution is -2.38. The van der Waals surface area contributed by atoms with E-state index in [1.54, 1.807) is 36.4 Å². The number of sulfone groups is 1. The first-order valence-corrected chi connectivity index (χ1v) is 9.65. The third kappa shape index (κ3) is 4.92. The molecule has 1 amide bonds. The molecule has 0 radical (unpaired) electrons. The third-order valence-corrected chi connectivity index (χ3v) is 5.62. The summed E-state index contributed by atoms with van der Waals surface area (Å²) in [5.74, 6) is -1.68. The van der Waals surface area contributed by atoms with Crippen molar-refractivity contribution in [1.82, 2.24) is 5.32 Å². The standard InChI is InChI=1S/C19H21NO5S/c1-19(2,18(22)23)13-20-17(21)15-8-6-7-14(11-15)12-26(24,25)16-9-4-3-5-10-16/h3-11H,12-13H2,1-2H3,(H,20,21)(H,22,23). The van der Waals surface area contributed by atoms with Gasteiger partial charge >= 0.3 is 5.97 Å². The Morgan fingerprint density at radius 1 is 1.04 bits per heavy atom. The van der Waals surface area contributed by atoms with Crippen LogP contribution in [0.25, 0.3) is 0 Å². The molecule has 6 nitrogen and oxygen atoms in total. The van der Waals surface area contributed by atoms with Crippen molar-refractivity contribution in [2.24, 2.45) is 5.41 Å². The van der Waals surface area contributed by atoms with Crippen LogP contribution in [0.1, 0.15) is 29.8 Å². The maximum atomic E-state index is 12.4. The van der Waals surface area contributed by atoms with Crippen LogP contribution in [0.4, 0.5) is 0 Å². The monoisotopic (exact) mass is 375 g/mol. The first-order chi connectivity index (χ1) is 12.1. The van der Waals surface area contributed by atoms with E-state index in [-0.39, 0.29) is 22.8 Å². The van der Waals surface area contributed by atoms with Gasteiger partial charge in [0.05, 0.1) is 16.1 Å². The minimum Gasteiger partial charge on any atom is -0.481 e. The summed E-state index contributed by atoms with van der Waals surface area (Å²) in [5.41, 5.74) is -0.324. The number of carbonyl (C=O) groups is 2. The third-order valence-electron chi connectivity index (χ3n) is 3.92. The molecule has 0 aromatic heterocycles. The number of rotatable bonds is 7. The van der Waals surface area contributed by atoms with Gasteiger partial charge < -0.3 is 10.4 Å². The fourth-order valence-electron chi connectivity index (χ4n) is 2.21. The Bertz CT molecular complexity index is 905. The van der Waals surface area contributed by atoms with Crippen molar-refractivity contribution in [3.05, 3.63) is 65.7 Å². The number of benzene rings is 2. The van der Waals surface area contributed by atoms with Gasteiger partial charge in [-0.2, -0.15) is 0 Å². The van der Waals surface area contributed by atoms with Crippen LogP contribution in [0, 0.1) is 5.41 Å². The van der Waals surface area contributed by atoms with Gasteiger partial charge in [0.1, 0.15) is 0 Å². The van der Waals surface area contributed by atoms with E-state index in [2.05, 4.69) is 5.32 Å². The molecule has 0 saturated carbocycles. The van der Waals surface area contributed by atoms with E-state index in [0.717, 1.165) is 0 Å². The molecule has 0 unspecified atom stereocenters. The molecular formula is C19H21NO5S. The molecule has 0 atom stereocenters. The van der Waals surface area contributed by atoms with Gasteiger partial charge in [0.25, 0.3) is 5.91 Å². The van der Waals surface area contributed by atoms with Crippen molar-refractivity contribution in [3.8, 4) is 0 Å². The smallest absolute Gasteiger partial charge is 0.310 e. The molecule has 0 aliphatic heterocycles. The number of carboxylic acids is 1. The Morgan fingerprint density at radius 2 is 1.69 bits per heavy atom. The second kappa shape index (κ2) is 7.70. The lowest BCUT2D eigenvalue weighted by atomic mass is 9.94. The molecule has 2 N–H and O–H groups in total. The largest absolute Gasteiger partial charge is 0.481 e. The summed E-state index contributed by atoms with van der Waals surface area (Å²) in [7, 11) is -3.51. The van der Waals surface area contributed by atoms with Gasteiger partial charge in [-0.15, -0.1) is 0 Å². The van der Waals surface area contributed by atoms with Crippen molar-refractivity contribution in [2.45, 2.75) is 24.5 Å². The van der Waals surface area contributed by atoms with E-state index in [1.165, 1.54) is 32.0 Å². The Labute approximate surface area is 152 Å². The van der Waals surface area contributed by atoms with Crippen LogP contribution in [0.2, 0.25) is 0 Å². The molecule has 0 aliphatic rings. The maximum absolute atomic E-state index is 12.4. The molecule has 26 heavy (non-hydrogen) atoms. The fourth-order valence-corrected chi connectivity index (χ4v) is 3.57. The predicted molar refractivity (Wildman–Crippen MR) is 97.5 cm³/mol. The van der Waals surface area contributed by atoms with E-state index in [0.29, 0.717) is 5.56 Å². The van der Waals surface area contributed by atoms with E-state index in [1.807, 2.05) is 0 Å². The second-order valence-electron chi connectivity index (χ2n) is 6.64. The predicted octanol–water partition coefficient (Wildman–Crippen LogP) is 2.50. The quantitative estimate of drug-likeness (QED) is 0.774. The molecule has 2 aromatic rings. The summed E-state index contributed by atoms with van der Waals surface area (Å²) in [6.45, 7) is 2.99. The van der Waals surface area contributed by atoms with Crippen molar-refractivity contribution < 1.29 is 23.1 Å². The maximum Gasteiger partial charge on any atom is 0.310 e. The molecular weight excluding hydrogens is 354 g/mol. The molecule has 0 bridgehead atoms. The van der Waals surface area contributed by atoms with Crippen LogP contribution in [-0.4, -0.2) is 31.9 Å². The topological polar surface area (TPSA) is 101 Å². The van der Waals surface area contributed by atoms with Gasteiger partial charge in [-0.1, -0.05) is 30.3 Å². The molecule has 7 heteroatoms. The second-order valence-corrected chi connectivity index (χ2v) is 8.63. The van der Waals surface area contributed by atoms with Crippen LogP contribution in [0.5, 0.6) is 0 Å². The van der Waals surface area contributed by atoms with Crippen molar-refractivity contribution in [1.29, 1.82) is 0 Å². The minimum atomic E-state index is -3.51. The number of nitrogens with one attached hydrogen (secondary N) is 1. The highest BCUT2D eigenvalue weighted by Crippen LogP contribution is 2.18. The van der Waals surface area contributed by atoms with Crippen molar-refractivity contribution in [3.63, 3.8) is 0 Å². The Hall–Kier alpha value is -2.67. The lowest BCUT2D eigenvalue weighted by molar-refractivity contribution is -0.146. The Balaban J connectivity index is 2.13. The fraction of sp³-hybridized carbons (Fsp3) is 0.263. The number of amides is 1. The SMILES string of the molecule is CC(C)(CNC(=O)c1cccc(CS(=O)(=O)c2ccccc2)c1)C(=O)O. The average molecular weight is 375 g/mol. The summed E-state index contributed by atoms with van der Waals surface area (Å²) in [6.07, 6.45) is 0. The number of hydrogen-bond donors (Lipinski definition) is 2. The molecule has 2 aromatic carbocycles.